The van der Waals surface area contributed by atoms with Crippen molar-refractivity contribution in [3.63, 3.8) is 0 Å². The Morgan fingerprint density at radius 2 is 1.38 bits per heavy atom. The fraction of sp³-hybridized carbons (Fsp3) is 0.563. The maximum Gasteiger partial charge on any atom is 0.306 e. The lowest BCUT2D eigenvalue weighted by molar-refractivity contribution is -0.358. The van der Waals surface area contributed by atoms with E-state index >= 15 is 0 Å². The van der Waals surface area contributed by atoms with Gasteiger partial charge in [-0.3, -0.25) is 71.9 Å². The highest BCUT2D eigenvalue weighted by atomic mass is 33.1. The number of rotatable bonds is 46. The van der Waals surface area contributed by atoms with Crippen LogP contribution in [0.25, 0.3) is 22.3 Å². The SMILES string of the molecule is CC(=O)NC(CSSCCCC(=O)O[C@@]12CO[C@@H]1OCc1c2cc2n(c1=O)Cc1cc3ccccc3nc1-2)C(=O)CCC(=O)N[C@H](C(=O)CC(C(=O)N[C@@H](CCC(N)=O)C(=O)C[C@@H](CCC(N)=O)C(=O)N[C@@H](Cc1cnc[nH]1)C(=O)C[C@@H](CCCCN)C(=O)NC(CC(=O)O)C(C)=O)C(C)C)C(C)C. The molecule has 13 N–H and O–H groups in total. The number of fused-ring (bicyclic) bond motifs is 7. The molecule has 3 aromatic heterocycles. The largest absolute Gasteiger partial charge is 0.481 e. The molecule has 3 aliphatic heterocycles. The number of aromatic amines is 1. The van der Waals surface area contributed by atoms with E-state index in [1.54, 1.807) is 32.3 Å². The lowest BCUT2D eigenvalue weighted by Crippen LogP contribution is -2.62. The van der Waals surface area contributed by atoms with E-state index in [0.717, 1.165) is 23.4 Å². The fourth-order valence-electron chi connectivity index (χ4n) is 12.7. The van der Waals surface area contributed by atoms with Crippen LogP contribution in [0.1, 0.15) is 160 Å². The van der Waals surface area contributed by atoms with Crippen LogP contribution in [0.2, 0.25) is 0 Å². The molecule has 1 saturated heterocycles. The molecule has 6 heterocycles. The number of amides is 7. The number of carboxylic acid groups (broad SMARTS) is 1. The Morgan fingerprint density at radius 3 is 2.01 bits per heavy atom. The molecular weight excluding hydrogens is 1390 g/mol. The van der Waals surface area contributed by atoms with Crippen LogP contribution in [0.4, 0.5) is 0 Å². The molecular formula is C71H94N12O19S2. The topological polar surface area (TPSA) is 489 Å². The predicted molar refractivity (Wildman–Crippen MR) is 381 cm³/mol. The summed E-state index contributed by atoms with van der Waals surface area (Å²) in [5, 5.41) is 23.4. The van der Waals surface area contributed by atoms with Crippen LogP contribution in [0.15, 0.2) is 53.7 Å². The number of hydrogen-bond donors (Lipinski definition) is 10. The number of para-hydroxylation sites is 1. The van der Waals surface area contributed by atoms with Gasteiger partial charge in [0, 0.05) is 122 Å². The second kappa shape index (κ2) is 38.6. The molecule has 0 aliphatic carbocycles. The minimum absolute atomic E-state index is 0.00221. The summed E-state index contributed by atoms with van der Waals surface area (Å²) >= 11 is 0. The number of imidazole rings is 1. The van der Waals surface area contributed by atoms with E-state index < -0.39 is 192 Å². The summed E-state index contributed by atoms with van der Waals surface area (Å²) in [7, 11) is 2.62. The number of carbonyl (C=O) groups excluding carboxylic acids is 13. The van der Waals surface area contributed by atoms with Crippen LogP contribution in [0, 0.1) is 29.6 Å². The van der Waals surface area contributed by atoms with Crippen molar-refractivity contribution < 1.29 is 86.4 Å². The van der Waals surface area contributed by atoms with Gasteiger partial charge in [-0.05, 0) is 75.6 Å². The van der Waals surface area contributed by atoms with E-state index in [1.165, 1.54) is 41.0 Å². The van der Waals surface area contributed by atoms with Gasteiger partial charge in [0.2, 0.25) is 53.2 Å². The number of ether oxygens (including phenoxy) is 3. The van der Waals surface area contributed by atoms with Crippen molar-refractivity contribution in [1.29, 1.82) is 0 Å². The number of unbranched alkanes of at least 4 members (excludes halogenated alkanes) is 1. The van der Waals surface area contributed by atoms with Crippen LogP contribution in [-0.4, -0.2) is 168 Å². The lowest BCUT2D eigenvalue weighted by Gasteiger charge is -2.50. The van der Waals surface area contributed by atoms with E-state index in [2.05, 4.69) is 36.6 Å². The van der Waals surface area contributed by atoms with Gasteiger partial charge in [-0.2, -0.15) is 0 Å². The minimum atomic E-state index is -1.50. The smallest absolute Gasteiger partial charge is 0.306 e. The monoisotopic (exact) mass is 1480 g/mol. The average Bonchev–Trinajstić information content (AvgIpc) is 1.25. The van der Waals surface area contributed by atoms with Crippen LogP contribution in [-0.2, 0) is 107 Å². The Bertz CT molecular complexity index is 3920. The number of aliphatic carboxylic acids is 1. The van der Waals surface area contributed by atoms with Gasteiger partial charge in [0.25, 0.3) is 5.56 Å². The molecule has 1 fully saturated rings. The third-order valence-corrected chi connectivity index (χ3v) is 21.1. The normalized spacial score (nSPS) is 17.1. The first kappa shape index (κ1) is 82.2. The molecule has 4 aromatic rings. The third kappa shape index (κ3) is 22.7. The Hall–Kier alpha value is -9.05. The summed E-state index contributed by atoms with van der Waals surface area (Å²) in [4.78, 5) is 212. The van der Waals surface area contributed by atoms with Crippen molar-refractivity contribution in [2.24, 2.45) is 46.8 Å². The minimum Gasteiger partial charge on any atom is -0.481 e. The van der Waals surface area contributed by atoms with Crippen LogP contribution < -0.4 is 49.3 Å². The van der Waals surface area contributed by atoms with Crippen molar-refractivity contribution in [2.75, 3.05) is 24.7 Å². The molecule has 7 amide bonds. The van der Waals surface area contributed by atoms with Gasteiger partial charge in [-0.15, -0.1) is 0 Å². The maximum atomic E-state index is 14.4. The highest BCUT2D eigenvalue weighted by Gasteiger charge is 2.59. The molecule has 1 aromatic carbocycles. The van der Waals surface area contributed by atoms with E-state index in [4.69, 9.17) is 36.4 Å². The van der Waals surface area contributed by atoms with Crippen molar-refractivity contribution in [2.45, 2.75) is 200 Å². The molecule has 564 valence electrons. The number of benzene rings is 1. The van der Waals surface area contributed by atoms with Gasteiger partial charge in [0.05, 0.1) is 85.2 Å². The molecule has 31 nitrogen and oxygen atoms in total. The summed E-state index contributed by atoms with van der Waals surface area (Å²) in [5.41, 5.74) is 19.4. The zero-order valence-electron chi connectivity index (χ0n) is 59.2. The quantitative estimate of drug-likeness (QED) is 0.0152. The van der Waals surface area contributed by atoms with Crippen LogP contribution >= 0.6 is 21.6 Å². The number of nitrogens with two attached hydrogens (primary N) is 3. The Kier molecular flexibility index (Phi) is 30.5. The Morgan fingerprint density at radius 1 is 0.712 bits per heavy atom. The summed E-state index contributed by atoms with van der Waals surface area (Å²) in [6, 6.07) is 5.10. The van der Waals surface area contributed by atoms with Gasteiger partial charge in [-0.1, -0.05) is 73.9 Å². The number of ketones is 5. The Balaban J connectivity index is 0.919. The number of pyridine rings is 2. The van der Waals surface area contributed by atoms with Gasteiger partial charge >= 0.3 is 11.9 Å². The number of nitrogens with one attached hydrogen (secondary N) is 6. The molecule has 7 rings (SSSR count). The molecule has 0 saturated carbocycles. The molecule has 3 aliphatic rings. The maximum absolute atomic E-state index is 14.4. The first-order valence-corrected chi connectivity index (χ1v) is 37.3. The molecule has 33 heteroatoms. The summed E-state index contributed by atoms with van der Waals surface area (Å²) in [6.07, 6.45) is -1.73. The number of primary amides is 2. The predicted octanol–water partition coefficient (Wildman–Crippen LogP) is 2.73. The number of nitrogens with zero attached hydrogens (tertiary/aromatic N) is 3. The first-order chi connectivity index (χ1) is 49.4. The Labute approximate surface area is 608 Å². The summed E-state index contributed by atoms with van der Waals surface area (Å²) < 4.78 is 19.4. The van der Waals surface area contributed by atoms with E-state index in [-0.39, 0.29) is 76.0 Å². The van der Waals surface area contributed by atoms with Crippen LogP contribution in [0.5, 0.6) is 0 Å². The first-order valence-electron chi connectivity index (χ1n) is 34.8. The zero-order chi connectivity index (χ0) is 76.1. The number of Topliss-reactive ketones (excluding diaryl/α,β-unsaturated/α-hetero) is 5. The van der Waals surface area contributed by atoms with E-state index in [0.29, 0.717) is 59.8 Å². The molecule has 104 heavy (non-hydrogen) atoms. The van der Waals surface area contributed by atoms with Gasteiger partial charge in [0.15, 0.2) is 28.9 Å². The van der Waals surface area contributed by atoms with Crippen molar-refractivity contribution in [3.05, 3.63) is 81.7 Å². The second-order valence-corrected chi connectivity index (χ2v) is 29.9. The van der Waals surface area contributed by atoms with E-state index in [9.17, 15) is 77.0 Å². The lowest BCUT2D eigenvalue weighted by atomic mass is 9.84. The molecule has 0 spiro atoms. The van der Waals surface area contributed by atoms with Crippen LogP contribution in [0.3, 0.4) is 0 Å². The molecule has 3 unspecified atom stereocenters. The third-order valence-electron chi connectivity index (χ3n) is 18.6. The van der Waals surface area contributed by atoms with Gasteiger partial charge in [-0.25, -0.2) is 9.97 Å². The van der Waals surface area contributed by atoms with Crippen molar-refractivity contribution in [3.8, 4) is 11.4 Å². The molecule has 0 radical (unpaired) electrons. The van der Waals surface area contributed by atoms with Gasteiger partial charge in [0.1, 0.15) is 0 Å². The highest BCUT2D eigenvalue weighted by molar-refractivity contribution is 8.76. The van der Waals surface area contributed by atoms with Crippen molar-refractivity contribution in [1.82, 2.24) is 46.1 Å². The number of hydrogen-bond acceptors (Lipinski definition) is 23. The zero-order valence-corrected chi connectivity index (χ0v) is 60.8. The number of aromatic nitrogens is 4. The summed E-state index contributed by atoms with van der Waals surface area (Å²) in [5.74, 6) is -14.6. The number of esters is 1. The molecule has 10 atom stereocenters. The average molecular weight is 1480 g/mol. The highest BCUT2D eigenvalue weighted by Crippen LogP contribution is 2.47. The number of H-pyrrole nitrogens is 1. The molecule has 0 bridgehead atoms. The number of carbonyl (C=O) groups is 14. The summed E-state index contributed by atoms with van der Waals surface area (Å²) in [6.45, 7) is 9.52. The standard InChI is InChI=1S/C71H94N12O19S2/c1-37(2)46(68(98)79-50(17-20-60(74)91)56(87)26-43(16-19-59(73)90)67(97)81-52(27-45-31-75-36-76-45)57(88)25-42(13-9-10-22-72)66(96)80-51(39(5)84)30-62(93)94)28-58(89)64(38(3)4)82-61(92)21-18-55(86)53(77-40(6)85)34-104-103-23-11-15-63(95)102-71-35-101-70(71)100-33-47-48(71)29-54-65-44(32-83(54)69(47)99)24-41-12-7-8-14-49(41)78-65/h7-8,12,14,24,29,31,36-38,42-43,46,50-53,64,70H,9-11,13,15-23,25-28,30,32-35,72H2,1-6H3,(H2,73,90)(H2,74,91)(H,75,76)(H,77,85)(H,79,98)(H,80,96)(H,81,97)(H,82,92)(H,93,94)/t42-,43-,46?,50+,51?,52+,53?,64+,70+,71-/m1/s1. The van der Waals surface area contributed by atoms with Crippen molar-refractivity contribution >= 4 is 115 Å². The number of carboxylic acids is 1. The van der Waals surface area contributed by atoms with E-state index in [1.807, 2.05) is 36.4 Å². The van der Waals surface area contributed by atoms with Gasteiger partial charge < -0.3 is 72.7 Å². The second-order valence-electron chi connectivity index (χ2n) is 27.3. The fourth-order valence-corrected chi connectivity index (χ4v) is 15.0.